The summed E-state index contributed by atoms with van der Waals surface area (Å²) in [7, 11) is 0. The van der Waals surface area contributed by atoms with Gasteiger partial charge in [-0.2, -0.15) is 0 Å². The molecule has 0 bridgehead atoms. The fraction of sp³-hybridized carbons (Fsp3) is 0.733. The van der Waals surface area contributed by atoms with E-state index in [1.807, 2.05) is 37.9 Å². The Morgan fingerprint density at radius 2 is 2.05 bits per heavy atom. The van der Waals surface area contributed by atoms with Crippen molar-refractivity contribution in [2.75, 3.05) is 13.1 Å². The fourth-order valence-electron chi connectivity index (χ4n) is 2.46. The van der Waals surface area contributed by atoms with E-state index in [9.17, 15) is 4.79 Å². The van der Waals surface area contributed by atoms with Gasteiger partial charge in [0, 0.05) is 25.8 Å². The highest BCUT2D eigenvalue weighted by molar-refractivity contribution is 5.68. The van der Waals surface area contributed by atoms with Crippen LogP contribution >= 0.6 is 0 Å². The number of imidazole rings is 1. The minimum atomic E-state index is -0.464. The smallest absolute Gasteiger partial charge is 0.410 e. The maximum atomic E-state index is 12.1. The van der Waals surface area contributed by atoms with Crippen LogP contribution in [0.15, 0.2) is 12.5 Å². The highest BCUT2D eigenvalue weighted by Crippen LogP contribution is 2.29. The van der Waals surface area contributed by atoms with Crippen LogP contribution in [0.5, 0.6) is 0 Å². The molecule has 1 aromatic rings. The van der Waals surface area contributed by atoms with E-state index in [2.05, 4.69) is 11.9 Å². The van der Waals surface area contributed by atoms with E-state index in [1.54, 1.807) is 4.90 Å². The average molecular weight is 294 g/mol. The number of nitrogens with two attached hydrogens (primary N) is 1. The van der Waals surface area contributed by atoms with Crippen molar-refractivity contribution in [1.29, 1.82) is 0 Å². The average Bonchev–Trinajstić information content (AvgIpc) is 2.87. The number of carbonyl (C=O) groups is 1. The van der Waals surface area contributed by atoms with E-state index in [0.29, 0.717) is 25.9 Å². The highest BCUT2D eigenvalue weighted by Gasteiger charge is 2.36. The second-order valence-corrected chi connectivity index (χ2v) is 6.71. The first kappa shape index (κ1) is 15.8. The van der Waals surface area contributed by atoms with Gasteiger partial charge in [0.15, 0.2) is 0 Å². The van der Waals surface area contributed by atoms with Crippen LogP contribution in [-0.4, -0.2) is 39.2 Å². The molecule has 0 aromatic carbocycles. The SMILES string of the molecule is CCn1cnc(C2(N)CCN(C(=O)OC(C)(C)C)CC2)c1. The molecule has 0 saturated carbocycles. The molecule has 1 amide bonds. The molecule has 2 rings (SSSR count). The van der Waals surface area contributed by atoms with Crippen LogP contribution in [0.25, 0.3) is 0 Å². The second-order valence-electron chi connectivity index (χ2n) is 6.71. The van der Waals surface area contributed by atoms with Gasteiger partial charge in [0.05, 0.1) is 17.6 Å². The van der Waals surface area contributed by atoms with Gasteiger partial charge in [-0.3, -0.25) is 0 Å². The Hall–Kier alpha value is -1.56. The Kier molecular flexibility index (Phi) is 4.27. The largest absolute Gasteiger partial charge is 0.444 e. The van der Waals surface area contributed by atoms with Crippen molar-refractivity contribution in [3.05, 3.63) is 18.2 Å². The maximum Gasteiger partial charge on any atom is 0.410 e. The summed E-state index contributed by atoms with van der Waals surface area (Å²) in [5.41, 5.74) is 6.48. The molecule has 2 heterocycles. The number of carbonyl (C=O) groups excluding carboxylic acids is 1. The normalized spacial score (nSPS) is 18.6. The first-order chi connectivity index (χ1) is 9.73. The molecular formula is C15H26N4O2. The van der Waals surface area contributed by atoms with Crippen LogP contribution < -0.4 is 5.73 Å². The van der Waals surface area contributed by atoms with E-state index < -0.39 is 11.1 Å². The molecule has 0 unspecified atom stereocenters. The Morgan fingerprint density at radius 3 is 2.52 bits per heavy atom. The van der Waals surface area contributed by atoms with Crippen LogP contribution in [0.2, 0.25) is 0 Å². The van der Waals surface area contributed by atoms with E-state index in [1.165, 1.54) is 0 Å². The van der Waals surface area contributed by atoms with Crippen molar-refractivity contribution in [2.45, 2.75) is 58.2 Å². The Bertz CT molecular complexity index is 496. The minimum absolute atomic E-state index is 0.261. The van der Waals surface area contributed by atoms with Gasteiger partial charge in [-0.15, -0.1) is 0 Å². The fourth-order valence-corrected chi connectivity index (χ4v) is 2.46. The third kappa shape index (κ3) is 3.75. The van der Waals surface area contributed by atoms with E-state index in [0.717, 1.165) is 12.2 Å². The summed E-state index contributed by atoms with van der Waals surface area (Å²) in [4.78, 5) is 18.2. The lowest BCUT2D eigenvalue weighted by molar-refractivity contribution is 0.0164. The van der Waals surface area contributed by atoms with Crippen molar-refractivity contribution in [3.63, 3.8) is 0 Å². The van der Waals surface area contributed by atoms with Gasteiger partial charge in [-0.05, 0) is 40.5 Å². The molecule has 1 aromatic heterocycles. The molecule has 21 heavy (non-hydrogen) atoms. The zero-order valence-corrected chi connectivity index (χ0v) is 13.4. The molecule has 1 fully saturated rings. The summed E-state index contributed by atoms with van der Waals surface area (Å²) in [6.45, 7) is 9.78. The number of hydrogen-bond acceptors (Lipinski definition) is 4. The van der Waals surface area contributed by atoms with Crippen LogP contribution in [-0.2, 0) is 16.8 Å². The van der Waals surface area contributed by atoms with Crippen molar-refractivity contribution in [1.82, 2.24) is 14.5 Å². The van der Waals surface area contributed by atoms with Crippen LogP contribution in [0.1, 0.15) is 46.2 Å². The lowest BCUT2D eigenvalue weighted by atomic mass is 9.86. The number of nitrogens with zero attached hydrogens (tertiary/aromatic N) is 3. The predicted molar refractivity (Wildman–Crippen MR) is 80.8 cm³/mol. The van der Waals surface area contributed by atoms with Crippen molar-refractivity contribution >= 4 is 6.09 Å². The van der Waals surface area contributed by atoms with Crippen LogP contribution in [0.4, 0.5) is 4.79 Å². The topological polar surface area (TPSA) is 73.4 Å². The molecule has 0 aliphatic carbocycles. The number of rotatable bonds is 2. The zero-order chi connectivity index (χ0) is 15.7. The molecule has 0 radical (unpaired) electrons. The summed E-state index contributed by atoms with van der Waals surface area (Å²) in [5, 5.41) is 0. The van der Waals surface area contributed by atoms with Gasteiger partial charge < -0.3 is 19.9 Å². The van der Waals surface area contributed by atoms with Gasteiger partial charge in [0.2, 0.25) is 0 Å². The summed E-state index contributed by atoms with van der Waals surface area (Å²) < 4.78 is 7.42. The molecular weight excluding hydrogens is 268 g/mol. The first-order valence-corrected chi connectivity index (χ1v) is 7.52. The third-order valence-electron chi connectivity index (χ3n) is 3.82. The van der Waals surface area contributed by atoms with E-state index in [-0.39, 0.29) is 6.09 Å². The Balaban J connectivity index is 1.97. The number of amides is 1. The molecule has 1 saturated heterocycles. The molecule has 2 N–H and O–H groups in total. The third-order valence-corrected chi connectivity index (χ3v) is 3.82. The van der Waals surface area contributed by atoms with Crippen molar-refractivity contribution < 1.29 is 9.53 Å². The number of likely N-dealkylation sites (tertiary alicyclic amines) is 1. The van der Waals surface area contributed by atoms with Crippen LogP contribution in [0.3, 0.4) is 0 Å². The van der Waals surface area contributed by atoms with Crippen molar-refractivity contribution in [3.8, 4) is 0 Å². The molecule has 118 valence electrons. The highest BCUT2D eigenvalue weighted by atomic mass is 16.6. The summed E-state index contributed by atoms with van der Waals surface area (Å²) >= 11 is 0. The summed E-state index contributed by atoms with van der Waals surface area (Å²) in [5.74, 6) is 0. The Labute approximate surface area is 126 Å². The summed E-state index contributed by atoms with van der Waals surface area (Å²) in [6.07, 6.45) is 4.96. The summed E-state index contributed by atoms with van der Waals surface area (Å²) in [6, 6.07) is 0. The van der Waals surface area contributed by atoms with Crippen molar-refractivity contribution in [2.24, 2.45) is 5.73 Å². The first-order valence-electron chi connectivity index (χ1n) is 7.52. The van der Waals surface area contributed by atoms with Gasteiger partial charge >= 0.3 is 6.09 Å². The van der Waals surface area contributed by atoms with Gasteiger partial charge in [0.25, 0.3) is 0 Å². The predicted octanol–water partition coefficient (Wildman–Crippen LogP) is 2.09. The molecule has 6 nitrogen and oxygen atoms in total. The number of hydrogen-bond donors (Lipinski definition) is 1. The Morgan fingerprint density at radius 1 is 1.43 bits per heavy atom. The monoisotopic (exact) mass is 294 g/mol. The number of aromatic nitrogens is 2. The minimum Gasteiger partial charge on any atom is -0.444 e. The van der Waals surface area contributed by atoms with Gasteiger partial charge in [-0.25, -0.2) is 9.78 Å². The van der Waals surface area contributed by atoms with E-state index >= 15 is 0 Å². The lowest BCUT2D eigenvalue weighted by Gasteiger charge is -2.38. The maximum absolute atomic E-state index is 12.1. The molecule has 1 aliphatic rings. The number of ether oxygens (including phenoxy) is 1. The second kappa shape index (κ2) is 5.67. The van der Waals surface area contributed by atoms with Gasteiger partial charge in [-0.1, -0.05) is 0 Å². The lowest BCUT2D eigenvalue weighted by Crippen LogP contribution is -2.50. The molecule has 0 spiro atoms. The molecule has 1 aliphatic heterocycles. The van der Waals surface area contributed by atoms with Crippen LogP contribution in [0, 0.1) is 0 Å². The molecule has 6 heteroatoms. The quantitative estimate of drug-likeness (QED) is 0.906. The number of aryl methyl sites for hydroxylation is 1. The molecule has 0 atom stereocenters. The van der Waals surface area contributed by atoms with E-state index in [4.69, 9.17) is 10.5 Å². The standard InChI is InChI=1S/C15H26N4O2/c1-5-18-10-12(17-11-18)15(16)6-8-19(9-7-15)13(20)21-14(2,3)4/h10-11H,5-9,16H2,1-4H3. The van der Waals surface area contributed by atoms with Gasteiger partial charge in [0.1, 0.15) is 5.60 Å². The number of piperidine rings is 1. The zero-order valence-electron chi connectivity index (χ0n) is 13.4.